The predicted molar refractivity (Wildman–Crippen MR) is 119 cm³/mol. The number of rotatable bonds is 5. The van der Waals surface area contributed by atoms with Crippen molar-refractivity contribution in [1.82, 2.24) is 9.97 Å². The van der Waals surface area contributed by atoms with Crippen molar-refractivity contribution >= 4 is 62.8 Å². The standard InChI is InChI=1S/C22H16N4O4S/c1-2-29-22(28)18-19(27)16(8-12-10-24-20-14(12)4-3-7-23-20)30-21(18)26-13-5-6-15-17(9-13)31-11-25-15/h3-11,26-27H,2H2,1H3. The first-order chi connectivity index (χ1) is 15.1. The molecule has 31 heavy (non-hydrogen) atoms. The van der Waals surface area contributed by atoms with Gasteiger partial charge in [-0.2, -0.15) is 0 Å². The van der Waals surface area contributed by atoms with E-state index in [4.69, 9.17) is 9.15 Å². The number of hydrogen-bond donors (Lipinski definition) is 2. The minimum atomic E-state index is -0.683. The fraction of sp³-hybridized carbons (Fsp3) is 0.0909. The number of carbonyl (C=O) groups excluding carboxylic acids is 1. The van der Waals surface area contributed by atoms with Gasteiger partial charge in [0.05, 0.1) is 22.3 Å². The summed E-state index contributed by atoms with van der Waals surface area (Å²) in [5, 5.41) is 13.9. The number of esters is 1. The van der Waals surface area contributed by atoms with Crippen LogP contribution in [0, 0.1) is 0 Å². The molecule has 8 nitrogen and oxygen atoms in total. The number of aromatic nitrogens is 2. The van der Waals surface area contributed by atoms with Gasteiger partial charge < -0.3 is 19.6 Å². The highest BCUT2D eigenvalue weighted by Gasteiger charge is 2.27. The zero-order valence-electron chi connectivity index (χ0n) is 16.3. The summed E-state index contributed by atoms with van der Waals surface area (Å²) in [7, 11) is 0. The lowest BCUT2D eigenvalue weighted by Crippen LogP contribution is -2.06. The maximum absolute atomic E-state index is 12.5. The lowest BCUT2D eigenvalue weighted by molar-refractivity contribution is 0.0524. The Hall–Kier alpha value is -3.98. The predicted octanol–water partition coefficient (Wildman–Crippen LogP) is 5.17. The van der Waals surface area contributed by atoms with Crippen molar-refractivity contribution in [3.8, 4) is 5.75 Å². The zero-order chi connectivity index (χ0) is 21.4. The van der Waals surface area contributed by atoms with Crippen molar-refractivity contribution in [3.63, 3.8) is 0 Å². The smallest absolute Gasteiger partial charge is 0.347 e. The van der Waals surface area contributed by atoms with Crippen molar-refractivity contribution in [2.24, 2.45) is 4.99 Å². The molecular weight excluding hydrogens is 416 g/mol. The SMILES string of the molecule is CCOC(=O)c1c(Nc2ccc3ncsc3c2)oc(C=C2C=Nc3ncccc32)c1O. The van der Waals surface area contributed by atoms with Gasteiger partial charge in [0.15, 0.2) is 22.9 Å². The summed E-state index contributed by atoms with van der Waals surface area (Å²) >= 11 is 1.50. The first-order valence-corrected chi connectivity index (χ1v) is 10.4. The summed E-state index contributed by atoms with van der Waals surface area (Å²) in [6.07, 6.45) is 4.91. The van der Waals surface area contributed by atoms with Gasteiger partial charge in [0, 0.05) is 29.2 Å². The first-order valence-electron chi connectivity index (χ1n) is 9.48. The third-order valence-corrected chi connectivity index (χ3v) is 5.48. The number of nitrogens with zero attached hydrogens (tertiary/aromatic N) is 3. The molecule has 0 saturated carbocycles. The van der Waals surface area contributed by atoms with Crippen LogP contribution in [0.2, 0.25) is 0 Å². The Labute approximate surface area is 180 Å². The lowest BCUT2D eigenvalue weighted by Gasteiger charge is -2.06. The van der Waals surface area contributed by atoms with E-state index in [-0.39, 0.29) is 29.6 Å². The molecule has 0 bridgehead atoms. The highest BCUT2D eigenvalue weighted by Crippen LogP contribution is 2.39. The summed E-state index contributed by atoms with van der Waals surface area (Å²) in [6.45, 7) is 1.86. The van der Waals surface area contributed by atoms with Gasteiger partial charge in [-0.3, -0.25) is 0 Å². The normalized spacial score (nSPS) is 13.6. The van der Waals surface area contributed by atoms with Crippen molar-refractivity contribution in [2.45, 2.75) is 6.92 Å². The molecule has 0 unspecified atom stereocenters. The number of anilines is 2. The van der Waals surface area contributed by atoms with Crippen LogP contribution in [0.25, 0.3) is 21.9 Å². The Kier molecular flexibility index (Phi) is 4.72. The Bertz CT molecular complexity index is 1370. The molecule has 0 amide bonds. The number of aliphatic imine (C=N–C) groups is 1. The molecule has 0 aliphatic carbocycles. The average molecular weight is 432 g/mol. The van der Waals surface area contributed by atoms with Gasteiger partial charge in [-0.15, -0.1) is 11.3 Å². The Balaban J connectivity index is 1.56. The third kappa shape index (κ3) is 3.44. The van der Waals surface area contributed by atoms with E-state index >= 15 is 0 Å². The lowest BCUT2D eigenvalue weighted by atomic mass is 10.1. The van der Waals surface area contributed by atoms with Gasteiger partial charge in [0.2, 0.25) is 5.88 Å². The number of pyridine rings is 1. The number of hydrogen-bond acceptors (Lipinski definition) is 9. The molecule has 4 aromatic rings. The van der Waals surface area contributed by atoms with Gasteiger partial charge in [-0.25, -0.2) is 19.8 Å². The van der Waals surface area contributed by atoms with E-state index in [0.717, 1.165) is 15.8 Å². The maximum atomic E-state index is 12.5. The molecule has 0 fully saturated rings. The van der Waals surface area contributed by atoms with Crippen molar-refractivity contribution < 1.29 is 19.1 Å². The summed E-state index contributed by atoms with van der Waals surface area (Å²) in [5.74, 6) is -0.202. The molecule has 4 heterocycles. The number of aromatic hydroxyl groups is 1. The minimum Gasteiger partial charge on any atom is -0.504 e. The number of carbonyl (C=O) groups is 1. The summed E-state index contributed by atoms with van der Waals surface area (Å²) in [5.41, 5.74) is 4.77. The maximum Gasteiger partial charge on any atom is 0.347 e. The fourth-order valence-corrected chi connectivity index (χ4v) is 3.98. The monoisotopic (exact) mass is 432 g/mol. The van der Waals surface area contributed by atoms with Crippen LogP contribution in [0.15, 0.2) is 51.4 Å². The van der Waals surface area contributed by atoms with E-state index in [9.17, 15) is 9.90 Å². The fourth-order valence-electron chi connectivity index (χ4n) is 3.26. The molecule has 0 atom stereocenters. The second-order valence-electron chi connectivity index (χ2n) is 6.63. The van der Waals surface area contributed by atoms with Crippen LogP contribution >= 0.6 is 11.3 Å². The number of thiazole rings is 1. The summed E-state index contributed by atoms with van der Waals surface area (Å²) in [4.78, 5) is 25.3. The van der Waals surface area contributed by atoms with Crippen LogP contribution in [0.4, 0.5) is 17.4 Å². The third-order valence-electron chi connectivity index (χ3n) is 4.69. The van der Waals surface area contributed by atoms with Gasteiger partial charge >= 0.3 is 5.97 Å². The molecule has 0 spiro atoms. The molecule has 0 radical (unpaired) electrons. The highest BCUT2D eigenvalue weighted by molar-refractivity contribution is 7.16. The van der Waals surface area contributed by atoms with Crippen LogP contribution in [0.3, 0.4) is 0 Å². The Morgan fingerprint density at radius 3 is 3.10 bits per heavy atom. The van der Waals surface area contributed by atoms with E-state index in [1.54, 1.807) is 37.0 Å². The zero-order valence-corrected chi connectivity index (χ0v) is 17.1. The van der Waals surface area contributed by atoms with E-state index in [1.165, 1.54) is 11.3 Å². The molecule has 0 saturated heterocycles. The van der Waals surface area contributed by atoms with Crippen LogP contribution < -0.4 is 5.32 Å². The molecule has 1 aliphatic rings. The van der Waals surface area contributed by atoms with Gasteiger partial charge in [-0.05, 0) is 43.3 Å². The molecule has 1 aromatic carbocycles. The number of ether oxygens (including phenoxy) is 1. The molecule has 3 aromatic heterocycles. The summed E-state index contributed by atoms with van der Waals surface area (Å²) < 4.78 is 12.0. The van der Waals surface area contributed by atoms with E-state index in [2.05, 4.69) is 20.3 Å². The molecule has 154 valence electrons. The van der Waals surface area contributed by atoms with Gasteiger partial charge in [0.25, 0.3) is 0 Å². The molecule has 9 heteroatoms. The van der Waals surface area contributed by atoms with Crippen LogP contribution in [-0.4, -0.2) is 33.9 Å². The Morgan fingerprint density at radius 1 is 1.32 bits per heavy atom. The molecular formula is C22H16N4O4S. The highest BCUT2D eigenvalue weighted by atomic mass is 32.1. The van der Waals surface area contributed by atoms with Crippen molar-refractivity contribution in [2.75, 3.05) is 11.9 Å². The second-order valence-corrected chi connectivity index (χ2v) is 7.52. The Morgan fingerprint density at radius 2 is 2.23 bits per heavy atom. The van der Waals surface area contributed by atoms with E-state index in [1.807, 2.05) is 24.3 Å². The summed E-state index contributed by atoms with van der Waals surface area (Å²) in [6, 6.07) is 9.25. The molecule has 1 aliphatic heterocycles. The van der Waals surface area contributed by atoms with Gasteiger partial charge in [0.1, 0.15) is 0 Å². The first kappa shape index (κ1) is 19.0. The number of allylic oxidation sites excluding steroid dienone is 1. The van der Waals surface area contributed by atoms with Gasteiger partial charge in [-0.1, -0.05) is 0 Å². The minimum absolute atomic E-state index is 0.0700. The average Bonchev–Trinajstić information content (AvgIpc) is 3.47. The molecule has 5 rings (SSSR count). The topological polar surface area (TPSA) is 110 Å². The second kappa shape index (κ2) is 7.69. The number of fused-ring (bicyclic) bond motifs is 2. The van der Waals surface area contributed by atoms with E-state index in [0.29, 0.717) is 17.1 Å². The molecule has 2 N–H and O–H groups in total. The number of nitrogens with one attached hydrogen (secondary N) is 1. The quantitative estimate of drug-likeness (QED) is 0.419. The van der Waals surface area contributed by atoms with Crippen LogP contribution in [0.1, 0.15) is 28.6 Å². The number of furan rings is 1. The largest absolute Gasteiger partial charge is 0.504 e. The number of benzene rings is 1. The van der Waals surface area contributed by atoms with Crippen molar-refractivity contribution in [1.29, 1.82) is 0 Å². The van der Waals surface area contributed by atoms with Crippen molar-refractivity contribution in [3.05, 3.63) is 58.9 Å². The van der Waals surface area contributed by atoms with Crippen LogP contribution in [-0.2, 0) is 4.74 Å². The van der Waals surface area contributed by atoms with Crippen LogP contribution in [0.5, 0.6) is 5.75 Å². The van der Waals surface area contributed by atoms with E-state index < -0.39 is 5.97 Å².